The Morgan fingerprint density at radius 1 is 1.43 bits per heavy atom. The van der Waals surface area contributed by atoms with Crippen molar-refractivity contribution in [2.75, 3.05) is 6.54 Å². The van der Waals surface area contributed by atoms with Crippen LogP contribution in [-0.4, -0.2) is 51.8 Å². The molecule has 1 fully saturated rings. The Bertz CT molecular complexity index is 939. The van der Waals surface area contributed by atoms with Crippen LogP contribution in [0.15, 0.2) is 24.4 Å². The minimum atomic E-state index is -5.08. The molecule has 1 unspecified atom stereocenters. The molecule has 1 aromatic heterocycles. The number of likely N-dealkylation sites (tertiary alicyclic amines) is 1. The summed E-state index contributed by atoms with van der Waals surface area (Å²) < 4.78 is 31.7. The van der Waals surface area contributed by atoms with E-state index in [-0.39, 0.29) is 25.6 Å². The zero-order valence-electron chi connectivity index (χ0n) is 16.2. The van der Waals surface area contributed by atoms with E-state index < -0.39 is 18.2 Å². The minimum Gasteiger partial charge on any atom is -0.475 e. The maximum Gasteiger partial charge on any atom is 0.490 e. The number of hydrogen-bond donors (Lipinski definition) is 3. The molecule has 1 amide bonds. The van der Waals surface area contributed by atoms with Gasteiger partial charge in [-0.2, -0.15) is 26.7 Å². The van der Waals surface area contributed by atoms with Crippen molar-refractivity contribution in [3.63, 3.8) is 0 Å². The van der Waals surface area contributed by atoms with Gasteiger partial charge in [-0.3, -0.25) is 14.5 Å². The molecule has 0 radical (unpaired) electrons. The first-order valence-electron chi connectivity index (χ1n) is 8.84. The fourth-order valence-corrected chi connectivity index (χ4v) is 3.14. The van der Waals surface area contributed by atoms with Crippen LogP contribution in [0.4, 0.5) is 13.2 Å². The molecule has 0 saturated carbocycles. The molecule has 0 bridgehead atoms. The molecule has 1 aromatic carbocycles. The summed E-state index contributed by atoms with van der Waals surface area (Å²) in [5.74, 6) is -2.87. The SMILES string of the molecule is O=C(O)C(F)(F)F.S.[C-]#[N+][C@@H]1CCCN1C(=O)C(N)Cc1c[nH]c2ccc(C)cc12. The van der Waals surface area contributed by atoms with E-state index in [1.165, 1.54) is 5.56 Å². The third kappa shape index (κ3) is 6.14. The van der Waals surface area contributed by atoms with Crippen molar-refractivity contribution in [1.29, 1.82) is 0 Å². The van der Waals surface area contributed by atoms with Crippen LogP contribution >= 0.6 is 13.5 Å². The number of halogens is 3. The van der Waals surface area contributed by atoms with Crippen molar-refractivity contribution in [3.05, 3.63) is 46.9 Å². The molecule has 2 atom stereocenters. The van der Waals surface area contributed by atoms with Crippen LogP contribution in [0.1, 0.15) is 24.0 Å². The number of carboxylic acids is 1. The number of rotatable bonds is 3. The lowest BCUT2D eigenvalue weighted by molar-refractivity contribution is -0.192. The van der Waals surface area contributed by atoms with Gasteiger partial charge in [-0.05, 0) is 37.5 Å². The Labute approximate surface area is 178 Å². The molecular weight excluding hydrogens is 421 g/mol. The fraction of sp³-hybridized carbons (Fsp3) is 0.421. The monoisotopic (exact) mass is 444 g/mol. The molecule has 11 heteroatoms. The lowest BCUT2D eigenvalue weighted by atomic mass is 10.0. The first kappa shape index (κ1) is 25.3. The minimum absolute atomic E-state index is 0. The van der Waals surface area contributed by atoms with E-state index in [4.69, 9.17) is 22.2 Å². The van der Waals surface area contributed by atoms with Crippen molar-refractivity contribution >= 4 is 36.3 Å². The second-order valence-corrected chi connectivity index (χ2v) is 6.76. The molecule has 3 rings (SSSR count). The van der Waals surface area contributed by atoms with Crippen LogP contribution in [0.2, 0.25) is 0 Å². The Balaban J connectivity index is 0.000000489. The van der Waals surface area contributed by atoms with Gasteiger partial charge in [-0.15, -0.1) is 0 Å². The molecule has 2 heterocycles. The normalized spacial score (nSPS) is 16.8. The van der Waals surface area contributed by atoms with Gasteiger partial charge in [0.1, 0.15) is 0 Å². The standard InChI is InChI=1S/C17H20N4O.C2HF3O2.H2S/c1-11-5-6-15-13(8-11)12(10-20-15)9-14(18)17(22)21-7-3-4-16(21)19-2;3-2(4,5)1(6)7;/h5-6,8,10,14,16,20H,3-4,7,9,18H2,1H3;(H,6,7);1H2/t14?,16-;;/m0../s1. The third-order valence-electron chi connectivity index (χ3n) is 4.58. The summed E-state index contributed by atoms with van der Waals surface area (Å²) in [5.41, 5.74) is 9.42. The predicted octanol–water partition coefficient (Wildman–Crippen LogP) is 2.96. The number of nitrogens with two attached hydrogens (primary N) is 1. The summed E-state index contributed by atoms with van der Waals surface area (Å²) in [6.07, 6.45) is -1.35. The number of carboxylic acid groups (broad SMARTS) is 1. The number of fused-ring (bicyclic) bond motifs is 1. The molecule has 1 saturated heterocycles. The average molecular weight is 444 g/mol. The number of aliphatic carboxylic acids is 1. The van der Waals surface area contributed by atoms with Crippen molar-refractivity contribution in [2.45, 2.75) is 44.6 Å². The van der Waals surface area contributed by atoms with Gasteiger partial charge >= 0.3 is 18.3 Å². The van der Waals surface area contributed by atoms with Crippen LogP contribution in [0.3, 0.4) is 0 Å². The second-order valence-electron chi connectivity index (χ2n) is 6.76. The van der Waals surface area contributed by atoms with E-state index in [1.807, 2.05) is 19.2 Å². The number of aryl methyl sites for hydroxylation is 1. The van der Waals surface area contributed by atoms with Crippen molar-refractivity contribution in [2.24, 2.45) is 5.73 Å². The Morgan fingerprint density at radius 2 is 2.07 bits per heavy atom. The Kier molecular flexibility index (Phi) is 8.74. The highest BCUT2D eigenvalue weighted by Gasteiger charge is 2.38. The van der Waals surface area contributed by atoms with Gasteiger partial charge in [0.15, 0.2) is 0 Å². The number of carbonyl (C=O) groups excluding carboxylic acids is 1. The van der Waals surface area contributed by atoms with Crippen molar-refractivity contribution < 1.29 is 27.9 Å². The van der Waals surface area contributed by atoms with Gasteiger partial charge in [-0.1, -0.05) is 11.6 Å². The largest absolute Gasteiger partial charge is 0.490 e. The fourth-order valence-electron chi connectivity index (χ4n) is 3.14. The Morgan fingerprint density at radius 3 is 2.63 bits per heavy atom. The van der Waals surface area contributed by atoms with E-state index >= 15 is 0 Å². The lowest BCUT2D eigenvalue weighted by Crippen LogP contribution is -2.46. The number of nitrogens with one attached hydrogen (secondary N) is 1. The molecule has 1 aliphatic heterocycles. The molecule has 4 N–H and O–H groups in total. The molecule has 1 aliphatic rings. The topological polar surface area (TPSA) is 104 Å². The molecular formula is C19H23F3N4O3S. The second kappa shape index (κ2) is 10.4. The molecule has 30 heavy (non-hydrogen) atoms. The van der Waals surface area contributed by atoms with Gasteiger partial charge in [-0.25, -0.2) is 11.4 Å². The van der Waals surface area contributed by atoms with Crippen molar-refractivity contribution in [3.8, 4) is 0 Å². The number of carbonyl (C=O) groups is 2. The summed E-state index contributed by atoms with van der Waals surface area (Å²) in [6, 6.07) is 5.60. The maximum absolute atomic E-state index is 12.5. The number of aromatic nitrogens is 1. The summed E-state index contributed by atoms with van der Waals surface area (Å²) in [7, 11) is 0. The average Bonchev–Trinajstić information content (AvgIpc) is 3.27. The van der Waals surface area contributed by atoms with Gasteiger partial charge in [0.25, 0.3) is 0 Å². The van der Waals surface area contributed by atoms with Gasteiger partial charge in [0.2, 0.25) is 5.91 Å². The summed E-state index contributed by atoms with van der Waals surface area (Å²) in [5, 5.41) is 8.24. The molecule has 7 nitrogen and oxygen atoms in total. The molecule has 164 valence electrons. The van der Waals surface area contributed by atoms with Crippen LogP contribution in [0.25, 0.3) is 15.7 Å². The van der Waals surface area contributed by atoms with Gasteiger partial charge in [0.05, 0.1) is 6.04 Å². The zero-order valence-corrected chi connectivity index (χ0v) is 17.2. The number of aromatic amines is 1. The van der Waals surface area contributed by atoms with E-state index in [9.17, 15) is 18.0 Å². The van der Waals surface area contributed by atoms with E-state index in [0.717, 1.165) is 29.3 Å². The number of alkyl halides is 3. The van der Waals surface area contributed by atoms with Crippen LogP contribution in [-0.2, 0) is 16.0 Å². The number of nitrogens with zero attached hydrogens (tertiary/aromatic N) is 2. The maximum atomic E-state index is 12.5. The lowest BCUT2D eigenvalue weighted by Gasteiger charge is -2.20. The zero-order chi connectivity index (χ0) is 21.8. The van der Waals surface area contributed by atoms with Crippen molar-refractivity contribution in [1.82, 2.24) is 9.88 Å². The molecule has 0 spiro atoms. The summed E-state index contributed by atoms with van der Waals surface area (Å²) in [4.78, 5) is 29.8. The third-order valence-corrected chi connectivity index (χ3v) is 4.58. The number of amides is 1. The van der Waals surface area contributed by atoms with E-state index in [1.54, 1.807) is 4.90 Å². The highest BCUT2D eigenvalue weighted by Crippen LogP contribution is 2.23. The summed E-state index contributed by atoms with van der Waals surface area (Å²) >= 11 is 0. The van der Waals surface area contributed by atoms with Crippen LogP contribution < -0.4 is 5.73 Å². The smallest absolute Gasteiger partial charge is 0.475 e. The highest BCUT2D eigenvalue weighted by atomic mass is 32.1. The first-order chi connectivity index (χ1) is 13.5. The Hall–Kier alpha value is -2.71. The highest BCUT2D eigenvalue weighted by molar-refractivity contribution is 7.59. The molecule has 2 aromatic rings. The van der Waals surface area contributed by atoms with E-state index in [2.05, 4.69) is 22.0 Å². The number of benzene rings is 1. The quantitative estimate of drug-likeness (QED) is 0.633. The first-order valence-corrected chi connectivity index (χ1v) is 8.84. The van der Waals surface area contributed by atoms with Crippen LogP contribution in [0, 0.1) is 13.5 Å². The number of H-pyrrole nitrogens is 1. The number of hydrogen-bond acceptors (Lipinski definition) is 3. The van der Waals surface area contributed by atoms with Gasteiger partial charge in [0, 0.05) is 30.1 Å². The van der Waals surface area contributed by atoms with Crippen LogP contribution in [0.5, 0.6) is 0 Å². The summed E-state index contributed by atoms with van der Waals surface area (Å²) in [6.45, 7) is 9.87. The van der Waals surface area contributed by atoms with Gasteiger partial charge < -0.3 is 15.8 Å². The molecule has 0 aliphatic carbocycles. The van der Waals surface area contributed by atoms with E-state index in [0.29, 0.717) is 13.0 Å². The predicted molar refractivity (Wildman–Crippen MR) is 110 cm³/mol.